The molecule has 1 heterocycles. The van der Waals surface area contributed by atoms with E-state index in [4.69, 9.17) is 11.6 Å². The minimum Gasteiger partial charge on any atom is -0.395 e. The van der Waals surface area contributed by atoms with Crippen LogP contribution < -0.4 is 0 Å². The molecule has 19 heavy (non-hydrogen) atoms. The van der Waals surface area contributed by atoms with Crippen molar-refractivity contribution >= 4 is 11.6 Å². The quantitative estimate of drug-likeness (QED) is 0.897. The van der Waals surface area contributed by atoms with Gasteiger partial charge < -0.3 is 5.11 Å². The van der Waals surface area contributed by atoms with E-state index in [1.807, 2.05) is 18.2 Å². The van der Waals surface area contributed by atoms with E-state index in [-0.39, 0.29) is 6.61 Å². The maximum absolute atomic E-state index is 9.34. The Kier molecular flexibility index (Phi) is 5.64. The predicted molar refractivity (Wildman–Crippen MR) is 79.5 cm³/mol. The summed E-state index contributed by atoms with van der Waals surface area (Å²) in [6.07, 6.45) is 1.01. The molecule has 1 aromatic rings. The van der Waals surface area contributed by atoms with Crippen molar-refractivity contribution in [1.29, 1.82) is 0 Å². The maximum Gasteiger partial charge on any atom is 0.0586 e. The first-order chi connectivity index (χ1) is 9.24. The summed E-state index contributed by atoms with van der Waals surface area (Å²) in [7, 11) is 0. The van der Waals surface area contributed by atoms with Crippen LogP contribution >= 0.6 is 11.6 Å². The molecule has 4 heteroatoms. The molecule has 1 N–H and O–H groups in total. The molecule has 2 rings (SSSR count). The lowest BCUT2D eigenvalue weighted by molar-refractivity contribution is 0.0608. The van der Waals surface area contributed by atoms with Crippen molar-refractivity contribution < 1.29 is 5.11 Å². The van der Waals surface area contributed by atoms with Gasteiger partial charge in [0.15, 0.2) is 0 Å². The van der Waals surface area contributed by atoms with Crippen LogP contribution in [0.3, 0.4) is 0 Å². The lowest BCUT2D eigenvalue weighted by Crippen LogP contribution is -2.50. The first-order valence-electron chi connectivity index (χ1n) is 7.05. The van der Waals surface area contributed by atoms with Crippen LogP contribution in [0.15, 0.2) is 24.3 Å². The molecule has 1 aliphatic heterocycles. The van der Waals surface area contributed by atoms with Gasteiger partial charge in [0.2, 0.25) is 0 Å². The monoisotopic (exact) mass is 282 g/mol. The van der Waals surface area contributed by atoms with E-state index < -0.39 is 0 Å². The Labute approximate surface area is 120 Å². The lowest BCUT2D eigenvalue weighted by Gasteiger charge is -2.38. The third-order valence-corrected chi connectivity index (χ3v) is 4.33. The molecule has 3 nitrogen and oxygen atoms in total. The van der Waals surface area contributed by atoms with Gasteiger partial charge in [-0.05, 0) is 18.1 Å². The number of benzene rings is 1. The van der Waals surface area contributed by atoms with Gasteiger partial charge in [0, 0.05) is 43.8 Å². The van der Waals surface area contributed by atoms with Crippen molar-refractivity contribution in [2.24, 2.45) is 0 Å². The highest BCUT2D eigenvalue weighted by atomic mass is 35.5. The van der Waals surface area contributed by atoms with Gasteiger partial charge in [-0.2, -0.15) is 0 Å². The van der Waals surface area contributed by atoms with Gasteiger partial charge in [-0.15, -0.1) is 0 Å². The fourth-order valence-electron chi connectivity index (χ4n) is 2.66. The van der Waals surface area contributed by atoms with Crippen LogP contribution in [-0.2, 0) is 6.54 Å². The Hall–Kier alpha value is -0.610. The first-order valence-corrected chi connectivity index (χ1v) is 7.43. The first kappa shape index (κ1) is 14.8. The maximum atomic E-state index is 9.34. The van der Waals surface area contributed by atoms with Crippen LogP contribution in [0.2, 0.25) is 5.02 Å². The Morgan fingerprint density at radius 1 is 1.21 bits per heavy atom. The SMILES string of the molecule is CCC(CO)N1CCN(Cc2ccccc2Cl)CC1. The zero-order chi connectivity index (χ0) is 13.7. The highest BCUT2D eigenvalue weighted by Gasteiger charge is 2.22. The van der Waals surface area contributed by atoms with Crippen molar-refractivity contribution in [3.05, 3.63) is 34.9 Å². The number of nitrogens with zero attached hydrogens (tertiary/aromatic N) is 2. The van der Waals surface area contributed by atoms with E-state index >= 15 is 0 Å². The third-order valence-electron chi connectivity index (χ3n) is 3.96. The highest BCUT2D eigenvalue weighted by Crippen LogP contribution is 2.18. The minimum atomic E-state index is 0.265. The standard InChI is InChI=1S/C15H23ClN2O/c1-2-14(12-19)18-9-7-17(8-10-18)11-13-5-3-4-6-15(13)16/h3-6,14,19H,2,7-12H2,1H3. The Morgan fingerprint density at radius 3 is 2.47 bits per heavy atom. The third kappa shape index (κ3) is 3.93. The molecule has 0 amide bonds. The molecule has 0 radical (unpaired) electrons. The fraction of sp³-hybridized carbons (Fsp3) is 0.600. The summed E-state index contributed by atoms with van der Waals surface area (Å²) < 4.78 is 0. The van der Waals surface area contributed by atoms with Gasteiger partial charge in [-0.3, -0.25) is 9.80 Å². The minimum absolute atomic E-state index is 0.265. The van der Waals surface area contributed by atoms with Crippen LogP contribution in [0.25, 0.3) is 0 Å². The van der Waals surface area contributed by atoms with Crippen LogP contribution in [0, 0.1) is 0 Å². The average Bonchev–Trinajstić information content (AvgIpc) is 2.44. The Balaban J connectivity index is 1.85. The van der Waals surface area contributed by atoms with Gasteiger partial charge in [0.1, 0.15) is 0 Å². The number of aliphatic hydroxyl groups is 1. The Morgan fingerprint density at radius 2 is 1.89 bits per heavy atom. The number of hydrogen-bond donors (Lipinski definition) is 1. The van der Waals surface area contributed by atoms with Crippen molar-refractivity contribution in [2.45, 2.75) is 25.9 Å². The van der Waals surface area contributed by atoms with Gasteiger partial charge >= 0.3 is 0 Å². The van der Waals surface area contributed by atoms with Crippen molar-refractivity contribution in [3.8, 4) is 0 Å². The largest absolute Gasteiger partial charge is 0.395 e. The van der Waals surface area contributed by atoms with E-state index in [2.05, 4.69) is 22.8 Å². The van der Waals surface area contributed by atoms with Gasteiger partial charge in [0.05, 0.1) is 6.61 Å². The topological polar surface area (TPSA) is 26.7 Å². The van der Waals surface area contributed by atoms with E-state index in [0.717, 1.165) is 44.2 Å². The molecule has 1 aromatic carbocycles. The zero-order valence-corrected chi connectivity index (χ0v) is 12.3. The summed E-state index contributed by atoms with van der Waals surface area (Å²) in [5.74, 6) is 0. The molecular formula is C15H23ClN2O. The number of hydrogen-bond acceptors (Lipinski definition) is 3. The molecule has 0 saturated carbocycles. The predicted octanol–water partition coefficient (Wildman–Crippen LogP) is 2.23. The second-order valence-electron chi connectivity index (χ2n) is 5.15. The second-order valence-corrected chi connectivity index (χ2v) is 5.56. The second kappa shape index (κ2) is 7.25. The summed E-state index contributed by atoms with van der Waals surface area (Å²) in [6, 6.07) is 8.37. The van der Waals surface area contributed by atoms with E-state index in [1.54, 1.807) is 0 Å². The molecule has 1 aliphatic rings. The van der Waals surface area contributed by atoms with Gasteiger partial charge in [0.25, 0.3) is 0 Å². The number of piperazine rings is 1. The molecule has 0 aliphatic carbocycles. The number of halogens is 1. The smallest absolute Gasteiger partial charge is 0.0586 e. The number of aliphatic hydroxyl groups excluding tert-OH is 1. The highest BCUT2D eigenvalue weighted by molar-refractivity contribution is 6.31. The molecule has 106 valence electrons. The Bertz CT molecular complexity index is 387. The molecule has 0 spiro atoms. The lowest BCUT2D eigenvalue weighted by atomic mass is 10.1. The van der Waals surface area contributed by atoms with Crippen molar-refractivity contribution in [3.63, 3.8) is 0 Å². The summed E-state index contributed by atoms with van der Waals surface area (Å²) in [5, 5.41) is 10.2. The summed E-state index contributed by atoms with van der Waals surface area (Å²) in [5.41, 5.74) is 1.20. The van der Waals surface area contributed by atoms with Gasteiger partial charge in [-0.25, -0.2) is 0 Å². The van der Waals surface area contributed by atoms with Crippen molar-refractivity contribution in [2.75, 3.05) is 32.8 Å². The van der Waals surface area contributed by atoms with Crippen LogP contribution in [0.4, 0.5) is 0 Å². The van der Waals surface area contributed by atoms with E-state index in [0.29, 0.717) is 6.04 Å². The molecule has 1 fully saturated rings. The molecule has 0 aromatic heterocycles. The fourth-order valence-corrected chi connectivity index (χ4v) is 2.85. The average molecular weight is 283 g/mol. The molecule has 1 unspecified atom stereocenters. The summed E-state index contributed by atoms with van der Waals surface area (Å²) in [6.45, 7) is 7.47. The normalized spacial score (nSPS) is 19.5. The number of rotatable bonds is 5. The van der Waals surface area contributed by atoms with Crippen molar-refractivity contribution in [1.82, 2.24) is 9.80 Å². The van der Waals surface area contributed by atoms with Gasteiger partial charge in [-0.1, -0.05) is 36.7 Å². The van der Waals surface area contributed by atoms with Crippen LogP contribution in [0.5, 0.6) is 0 Å². The summed E-state index contributed by atoms with van der Waals surface area (Å²) in [4.78, 5) is 4.82. The van der Waals surface area contributed by atoms with E-state index in [9.17, 15) is 5.11 Å². The van der Waals surface area contributed by atoms with E-state index in [1.165, 1.54) is 5.56 Å². The summed E-state index contributed by atoms with van der Waals surface area (Å²) >= 11 is 6.20. The molecule has 1 atom stereocenters. The molecular weight excluding hydrogens is 260 g/mol. The zero-order valence-electron chi connectivity index (χ0n) is 11.6. The van der Waals surface area contributed by atoms with Crippen LogP contribution in [0.1, 0.15) is 18.9 Å². The van der Waals surface area contributed by atoms with Crippen LogP contribution in [-0.4, -0.2) is 53.7 Å². The molecule has 1 saturated heterocycles. The molecule has 0 bridgehead atoms.